The number of hydrogen-bond donors (Lipinski definition) is 1. The van der Waals surface area contributed by atoms with Gasteiger partial charge in [-0.25, -0.2) is 4.98 Å². The average molecular weight is 258 g/mol. The number of imidazole rings is 1. The molecule has 0 fully saturated rings. The molecule has 0 unspecified atom stereocenters. The Bertz CT molecular complexity index is 703. The molecule has 2 aromatic carbocycles. The first-order valence-electron chi connectivity index (χ1n) is 5.71. The van der Waals surface area contributed by atoms with Crippen molar-refractivity contribution in [3.8, 4) is 5.69 Å². The van der Waals surface area contributed by atoms with Crippen LogP contribution in [0.25, 0.3) is 16.7 Å². The SMILES string of the molecule is NCc1cccc(Cl)c1-n1cnc2ccccc21. The van der Waals surface area contributed by atoms with Gasteiger partial charge in [-0.3, -0.25) is 4.57 Å². The van der Waals surface area contributed by atoms with Gasteiger partial charge in [0.15, 0.2) is 0 Å². The van der Waals surface area contributed by atoms with Crippen LogP contribution in [0.4, 0.5) is 0 Å². The molecule has 0 bridgehead atoms. The predicted molar refractivity (Wildman–Crippen MR) is 74.0 cm³/mol. The molecule has 2 N–H and O–H groups in total. The van der Waals surface area contributed by atoms with Crippen LogP contribution in [0.5, 0.6) is 0 Å². The maximum absolute atomic E-state index is 6.30. The topological polar surface area (TPSA) is 43.8 Å². The number of benzene rings is 2. The lowest BCUT2D eigenvalue weighted by atomic mass is 10.1. The van der Waals surface area contributed by atoms with E-state index in [1.807, 2.05) is 47.0 Å². The number of nitrogens with two attached hydrogens (primary N) is 1. The van der Waals surface area contributed by atoms with Crippen molar-refractivity contribution >= 4 is 22.6 Å². The van der Waals surface area contributed by atoms with E-state index in [1.165, 1.54) is 0 Å². The number of hydrogen-bond acceptors (Lipinski definition) is 2. The van der Waals surface area contributed by atoms with Gasteiger partial charge in [-0.15, -0.1) is 0 Å². The summed E-state index contributed by atoms with van der Waals surface area (Å²) < 4.78 is 1.99. The second-order valence-corrected chi connectivity index (χ2v) is 4.46. The van der Waals surface area contributed by atoms with Crippen LogP contribution in [0.15, 0.2) is 48.8 Å². The van der Waals surface area contributed by atoms with Gasteiger partial charge in [0.25, 0.3) is 0 Å². The van der Waals surface area contributed by atoms with Crippen LogP contribution in [0.1, 0.15) is 5.56 Å². The van der Waals surface area contributed by atoms with E-state index >= 15 is 0 Å². The van der Waals surface area contributed by atoms with Gasteiger partial charge in [0.1, 0.15) is 6.33 Å². The maximum Gasteiger partial charge on any atom is 0.100 e. The summed E-state index contributed by atoms with van der Waals surface area (Å²) in [5.74, 6) is 0. The number of rotatable bonds is 2. The Morgan fingerprint density at radius 1 is 1.11 bits per heavy atom. The Morgan fingerprint density at radius 2 is 1.94 bits per heavy atom. The van der Waals surface area contributed by atoms with Crippen molar-refractivity contribution in [2.45, 2.75) is 6.54 Å². The Morgan fingerprint density at radius 3 is 2.78 bits per heavy atom. The average Bonchev–Trinajstić information content (AvgIpc) is 2.82. The largest absolute Gasteiger partial charge is 0.326 e. The van der Waals surface area contributed by atoms with Crippen molar-refractivity contribution in [3.05, 3.63) is 59.4 Å². The standard InChI is InChI=1S/C14H12ClN3/c15-11-5-3-4-10(8-16)14(11)18-9-17-12-6-1-2-7-13(12)18/h1-7,9H,8,16H2. The van der Waals surface area contributed by atoms with Gasteiger partial charge in [-0.2, -0.15) is 0 Å². The molecule has 0 aliphatic carbocycles. The first-order valence-corrected chi connectivity index (χ1v) is 6.09. The maximum atomic E-state index is 6.30. The summed E-state index contributed by atoms with van der Waals surface area (Å²) in [7, 11) is 0. The first kappa shape index (κ1) is 11.3. The zero-order valence-electron chi connectivity index (χ0n) is 9.68. The van der Waals surface area contributed by atoms with Crippen molar-refractivity contribution in [3.63, 3.8) is 0 Å². The lowest BCUT2D eigenvalue weighted by Gasteiger charge is -2.11. The van der Waals surface area contributed by atoms with Gasteiger partial charge >= 0.3 is 0 Å². The molecule has 0 amide bonds. The Labute approximate surface area is 110 Å². The van der Waals surface area contributed by atoms with Gasteiger partial charge in [-0.1, -0.05) is 35.9 Å². The van der Waals surface area contributed by atoms with Crippen LogP contribution in [0, 0.1) is 0 Å². The van der Waals surface area contributed by atoms with E-state index in [9.17, 15) is 0 Å². The normalized spacial score (nSPS) is 11.0. The van der Waals surface area contributed by atoms with E-state index in [0.717, 1.165) is 22.3 Å². The van der Waals surface area contributed by atoms with E-state index in [1.54, 1.807) is 6.33 Å². The molecule has 3 nitrogen and oxygen atoms in total. The number of fused-ring (bicyclic) bond motifs is 1. The molecule has 18 heavy (non-hydrogen) atoms. The number of aromatic nitrogens is 2. The van der Waals surface area contributed by atoms with Crippen molar-refractivity contribution in [1.82, 2.24) is 9.55 Å². The molecule has 0 atom stereocenters. The van der Waals surface area contributed by atoms with E-state index in [0.29, 0.717) is 11.6 Å². The summed E-state index contributed by atoms with van der Waals surface area (Å²) >= 11 is 6.30. The van der Waals surface area contributed by atoms with Crippen LogP contribution in [-0.4, -0.2) is 9.55 Å². The molecule has 1 heterocycles. The summed E-state index contributed by atoms with van der Waals surface area (Å²) in [6, 6.07) is 13.7. The third kappa shape index (κ3) is 1.68. The molecule has 0 aliphatic rings. The van der Waals surface area contributed by atoms with E-state index in [4.69, 9.17) is 17.3 Å². The summed E-state index contributed by atoms with van der Waals surface area (Å²) in [5, 5.41) is 0.682. The molecule has 0 saturated heterocycles. The summed E-state index contributed by atoms with van der Waals surface area (Å²) in [4.78, 5) is 4.38. The molecule has 4 heteroatoms. The van der Waals surface area contributed by atoms with E-state index < -0.39 is 0 Å². The lowest BCUT2D eigenvalue weighted by Crippen LogP contribution is -2.04. The summed E-state index contributed by atoms with van der Waals surface area (Å²) in [5.41, 5.74) is 9.67. The van der Waals surface area contributed by atoms with Crippen LogP contribution in [-0.2, 0) is 6.54 Å². The smallest absolute Gasteiger partial charge is 0.100 e. The fraction of sp³-hybridized carbons (Fsp3) is 0.0714. The highest BCUT2D eigenvalue weighted by Gasteiger charge is 2.11. The minimum atomic E-state index is 0.447. The van der Waals surface area contributed by atoms with Gasteiger partial charge in [-0.05, 0) is 23.8 Å². The van der Waals surface area contributed by atoms with Crippen molar-refractivity contribution in [2.75, 3.05) is 0 Å². The van der Waals surface area contributed by atoms with Crippen molar-refractivity contribution in [1.29, 1.82) is 0 Å². The van der Waals surface area contributed by atoms with Crippen LogP contribution < -0.4 is 5.73 Å². The third-order valence-corrected chi connectivity index (χ3v) is 3.29. The predicted octanol–water partition coefficient (Wildman–Crippen LogP) is 3.14. The second-order valence-electron chi connectivity index (χ2n) is 4.05. The van der Waals surface area contributed by atoms with Gasteiger partial charge in [0, 0.05) is 6.54 Å². The summed E-state index contributed by atoms with van der Waals surface area (Å²) in [6.07, 6.45) is 1.78. The molecule has 0 spiro atoms. The highest BCUT2D eigenvalue weighted by Crippen LogP contribution is 2.27. The molecule has 0 aliphatic heterocycles. The molecule has 90 valence electrons. The Hall–Kier alpha value is -1.84. The molecule has 3 rings (SSSR count). The fourth-order valence-electron chi connectivity index (χ4n) is 2.13. The minimum Gasteiger partial charge on any atom is -0.326 e. The molecule has 1 aromatic heterocycles. The van der Waals surface area contributed by atoms with Gasteiger partial charge < -0.3 is 5.73 Å². The molecule has 3 aromatic rings. The highest BCUT2D eigenvalue weighted by molar-refractivity contribution is 6.32. The quantitative estimate of drug-likeness (QED) is 0.767. The number of para-hydroxylation sites is 3. The molecular formula is C14H12ClN3. The van der Waals surface area contributed by atoms with Gasteiger partial charge in [0.2, 0.25) is 0 Å². The molecular weight excluding hydrogens is 246 g/mol. The third-order valence-electron chi connectivity index (χ3n) is 2.98. The fourth-order valence-corrected chi connectivity index (χ4v) is 2.42. The van der Waals surface area contributed by atoms with Crippen LogP contribution >= 0.6 is 11.6 Å². The lowest BCUT2D eigenvalue weighted by molar-refractivity contribution is 1.00. The minimum absolute atomic E-state index is 0.447. The second kappa shape index (κ2) is 4.44. The van der Waals surface area contributed by atoms with Gasteiger partial charge in [0.05, 0.1) is 21.7 Å². The first-order chi connectivity index (χ1) is 8.81. The van der Waals surface area contributed by atoms with Crippen molar-refractivity contribution < 1.29 is 0 Å². The van der Waals surface area contributed by atoms with Crippen molar-refractivity contribution in [2.24, 2.45) is 5.73 Å². The van der Waals surface area contributed by atoms with E-state index in [2.05, 4.69) is 4.98 Å². The molecule has 0 radical (unpaired) electrons. The highest BCUT2D eigenvalue weighted by atomic mass is 35.5. The number of nitrogens with zero attached hydrogens (tertiary/aromatic N) is 2. The summed E-state index contributed by atoms with van der Waals surface area (Å²) in [6.45, 7) is 0.447. The Balaban J connectivity index is 2.33. The van der Waals surface area contributed by atoms with Crippen LogP contribution in [0.2, 0.25) is 5.02 Å². The van der Waals surface area contributed by atoms with Crippen LogP contribution in [0.3, 0.4) is 0 Å². The zero-order valence-corrected chi connectivity index (χ0v) is 10.4. The van der Waals surface area contributed by atoms with E-state index in [-0.39, 0.29) is 0 Å². The number of halogens is 1. The zero-order chi connectivity index (χ0) is 12.5. The molecule has 0 saturated carbocycles. The monoisotopic (exact) mass is 257 g/mol. The Kier molecular flexibility index (Phi) is 2.78.